The van der Waals surface area contributed by atoms with Crippen molar-refractivity contribution in [1.82, 2.24) is 15.1 Å². The van der Waals surface area contributed by atoms with Crippen LogP contribution in [0.5, 0.6) is 0 Å². The molecule has 1 fully saturated rings. The third kappa shape index (κ3) is 3.53. The lowest BCUT2D eigenvalue weighted by molar-refractivity contribution is -0.116. The van der Waals surface area contributed by atoms with Crippen LogP contribution in [-0.2, 0) is 4.79 Å². The second-order valence-electron chi connectivity index (χ2n) is 8.04. The number of aliphatic imine (C=N–C) groups is 1. The summed E-state index contributed by atoms with van der Waals surface area (Å²) < 4.78 is 29.6. The zero-order valence-electron chi connectivity index (χ0n) is 16.6. The van der Waals surface area contributed by atoms with Gasteiger partial charge in [-0.2, -0.15) is 5.10 Å². The summed E-state index contributed by atoms with van der Waals surface area (Å²) in [4.78, 5) is 16.7. The van der Waals surface area contributed by atoms with Gasteiger partial charge in [0.15, 0.2) is 0 Å². The maximum Gasteiger partial charge on any atom is 0.247 e. The minimum Gasteiger partial charge on any atom is -0.352 e. The molecule has 1 aromatic heterocycles. The molecule has 1 amide bonds. The van der Waals surface area contributed by atoms with E-state index in [9.17, 15) is 13.6 Å². The number of nitrogens with zero attached hydrogens (tertiary/aromatic N) is 3. The highest BCUT2D eigenvalue weighted by Gasteiger charge is 2.38. The monoisotopic (exact) mass is 440 g/mol. The van der Waals surface area contributed by atoms with Crippen LogP contribution in [0.25, 0.3) is 11.3 Å². The number of aromatic nitrogens is 2. The van der Waals surface area contributed by atoms with E-state index in [1.165, 1.54) is 18.2 Å². The highest BCUT2D eigenvalue weighted by atomic mass is 35.5. The molecule has 8 heteroatoms. The van der Waals surface area contributed by atoms with Crippen LogP contribution in [0.15, 0.2) is 58.9 Å². The summed E-state index contributed by atoms with van der Waals surface area (Å²) in [6.45, 7) is 2.42. The van der Waals surface area contributed by atoms with E-state index < -0.39 is 5.82 Å². The summed E-state index contributed by atoms with van der Waals surface area (Å²) in [5.74, 6) is -0.930. The molecule has 3 aliphatic rings. The summed E-state index contributed by atoms with van der Waals surface area (Å²) in [6.07, 6.45) is 7.19. The Morgan fingerprint density at radius 3 is 2.87 bits per heavy atom. The van der Waals surface area contributed by atoms with Crippen LogP contribution in [0.1, 0.15) is 30.8 Å². The van der Waals surface area contributed by atoms with Crippen LogP contribution < -0.4 is 5.32 Å². The Morgan fingerprint density at radius 1 is 1.26 bits per heavy atom. The van der Waals surface area contributed by atoms with Crippen molar-refractivity contribution < 1.29 is 13.6 Å². The summed E-state index contributed by atoms with van der Waals surface area (Å²) in [5.41, 5.74) is 3.22. The molecule has 158 valence electrons. The molecule has 0 spiro atoms. The number of benzene rings is 1. The van der Waals surface area contributed by atoms with E-state index in [2.05, 4.69) is 10.3 Å². The van der Waals surface area contributed by atoms with Gasteiger partial charge < -0.3 is 5.32 Å². The zero-order valence-corrected chi connectivity index (χ0v) is 17.4. The average Bonchev–Trinajstić information content (AvgIpc) is 3.34. The molecular formula is C23H19ClF2N4O. The summed E-state index contributed by atoms with van der Waals surface area (Å²) in [7, 11) is 0. The summed E-state index contributed by atoms with van der Waals surface area (Å²) in [6, 6.07) is 5.84. The third-order valence-electron chi connectivity index (χ3n) is 5.79. The number of carbonyl (C=O) groups is 1. The van der Waals surface area contributed by atoms with Crippen LogP contribution in [0.2, 0.25) is 5.02 Å². The Hall–Kier alpha value is -3.06. The Kier molecular flexibility index (Phi) is 4.85. The largest absolute Gasteiger partial charge is 0.352 e. The first-order chi connectivity index (χ1) is 14.9. The predicted molar refractivity (Wildman–Crippen MR) is 115 cm³/mol. The molecule has 0 saturated carbocycles. The Labute approximate surface area is 182 Å². The summed E-state index contributed by atoms with van der Waals surface area (Å²) in [5, 5.41) is 7.57. The van der Waals surface area contributed by atoms with Crippen molar-refractivity contribution in [2.45, 2.75) is 19.4 Å². The van der Waals surface area contributed by atoms with Gasteiger partial charge in [0.05, 0.1) is 22.1 Å². The molecule has 1 saturated heterocycles. The van der Waals surface area contributed by atoms with Crippen molar-refractivity contribution in [1.29, 1.82) is 0 Å². The number of carbonyl (C=O) groups excluding carboxylic acids is 1. The van der Waals surface area contributed by atoms with Crippen molar-refractivity contribution >= 4 is 29.3 Å². The highest BCUT2D eigenvalue weighted by molar-refractivity contribution is 6.30. The number of hydrogen-bond acceptors (Lipinski definition) is 3. The van der Waals surface area contributed by atoms with Gasteiger partial charge in [0.25, 0.3) is 0 Å². The number of hydrogen-bond donors (Lipinski definition) is 1. The third-order valence-corrected chi connectivity index (χ3v) is 6.08. The van der Waals surface area contributed by atoms with E-state index in [1.807, 2.05) is 19.1 Å². The van der Waals surface area contributed by atoms with E-state index in [0.29, 0.717) is 41.2 Å². The lowest BCUT2D eigenvalue weighted by Crippen LogP contribution is -2.18. The molecule has 31 heavy (non-hydrogen) atoms. The van der Waals surface area contributed by atoms with Crippen molar-refractivity contribution in [3.8, 4) is 5.69 Å². The number of halogens is 3. The molecule has 3 atom stereocenters. The maximum atomic E-state index is 14.2. The molecule has 5 rings (SSSR count). The number of allylic oxidation sites excluding steroid dienone is 5. The first-order valence-corrected chi connectivity index (χ1v) is 10.4. The van der Waals surface area contributed by atoms with E-state index >= 15 is 0 Å². The second-order valence-corrected chi connectivity index (χ2v) is 8.45. The van der Waals surface area contributed by atoms with Crippen LogP contribution in [0.4, 0.5) is 8.78 Å². The van der Waals surface area contributed by atoms with Crippen LogP contribution >= 0.6 is 11.6 Å². The molecule has 1 aliphatic carbocycles. The summed E-state index contributed by atoms with van der Waals surface area (Å²) >= 11 is 6.01. The number of rotatable bonds is 3. The normalized spacial score (nSPS) is 25.0. The highest BCUT2D eigenvalue weighted by Crippen LogP contribution is 2.38. The van der Waals surface area contributed by atoms with Gasteiger partial charge in [0.2, 0.25) is 5.91 Å². The first kappa shape index (κ1) is 19.9. The fraction of sp³-hybridized carbons (Fsp3) is 0.261. The van der Waals surface area contributed by atoms with Crippen molar-refractivity contribution in [2.75, 3.05) is 6.54 Å². The van der Waals surface area contributed by atoms with E-state index in [4.69, 9.17) is 16.7 Å². The zero-order chi connectivity index (χ0) is 21.7. The molecule has 1 N–H and O–H groups in total. The van der Waals surface area contributed by atoms with Crippen molar-refractivity contribution in [3.05, 3.63) is 76.1 Å². The lowest BCUT2D eigenvalue weighted by atomic mass is 9.89. The molecule has 2 aliphatic heterocycles. The Balaban J connectivity index is 1.64. The molecule has 5 nitrogen and oxygen atoms in total. The Morgan fingerprint density at radius 2 is 2.10 bits per heavy atom. The fourth-order valence-electron chi connectivity index (χ4n) is 4.34. The second kappa shape index (κ2) is 7.57. The molecule has 0 radical (unpaired) electrons. The van der Waals surface area contributed by atoms with E-state index in [-0.39, 0.29) is 34.6 Å². The average molecular weight is 441 g/mol. The van der Waals surface area contributed by atoms with Gasteiger partial charge in [-0.05, 0) is 47.9 Å². The van der Waals surface area contributed by atoms with E-state index in [0.717, 1.165) is 0 Å². The van der Waals surface area contributed by atoms with Gasteiger partial charge in [-0.1, -0.05) is 24.6 Å². The topological polar surface area (TPSA) is 59.3 Å². The van der Waals surface area contributed by atoms with Gasteiger partial charge >= 0.3 is 0 Å². The minimum atomic E-state index is -0.530. The fourth-order valence-corrected chi connectivity index (χ4v) is 4.51. The van der Waals surface area contributed by atoms with Crippen molar-refractivity contribution in [2.24, 2.45) is 16.8 Å². The van der Waals surface area contributed by atoms with Crippen molar-refractivity contribution in [3.63, 3.8) is 0 Å². The molecule has 2 aromatic rings. The quantitative estimate of drug-likeness (QED) is 0.749. The van der Waals surface area contributed by atoms with Crippen LogP contribution in [-0.4, -0.2) is 28.4 Å². The number of amides is 1. The van der Waals surface area contributed by atoms with Gasteiger partial charge in [-0.3, -0.25) is 9.79 Å². The first-order valence-electron chi connectivity index (χ1n) is 10.1. The smallest absolute Gasteiger partial charge is 0.247 e. The molecule has 0 bridgehead atoms. The van der Waals surface area contributed by atoms with E-state index in [1.54, 1.807) is 23.0 Å². The maximum absolute atomic E-state index is 14.2. The number of dihydropyridines is 1. The van der Waals surface area contributed by atoms with Gasteiger partial charge in [0.1, 0.15) is 17.7 Å². The van der Waals surface area contributed by atoms with Crippen LogP contribution in [0.3, 0.4) is 0 Å². The number of nitrogens with one attached hydrogen (secondary N) is 1. The Bertz CT molecular complexity index is 1210. The predicted octanol–water partition coefficient (Wildman–Crippen LogP) is 4.74. The molecular weight excluding hydrogens is 422 g/mol. The SMILES string of the molecule is CC1C=C(c2cc(C3N=CC=C4C(=O)NCC43)nn2-c2ccc(F)c(Cl)c2)C=C(F)C1. The minimum absolute atomic E-state index is 0.0280. The van der Waals surface area contributed by atoms with Gasteiger partial charge in [-0.15, -0.1) is 0 Å². The molecule has 3 unspecified atom stereocenters. The van der Waals surface area contributed by atoms with Gasteiger partial charge in [-0.25, -0.2) is 13.5 Å². The lowest BCUT2D eigenvalue weighted by Gasteiger charge is -2.20. The number of fused-ring (bicyclic) bond motifs is 1. The van der Waals surface area contributed by atoms with Crippen LogP contribution in [0, 0.1) is 17.7 Å². The molecule has 1 aromatic carbocycles. The molecule has 3 heterocycles. The van der Waals surface area contributed by atoms with Gasteiger partial charge in [0, 0.05) is 30.7 Å². The standard InChI is InChI=1S/C23H19ClF2N4O/c1-12-6-13(8-14(25)7-12)21-10-20(22-17-11-28-23(31)16(17)4-5-27-22)29-30(21)15-2-3-19(26)18(24)9-15/h2-6,8-10,12,17,22H,7,11H2,1H3,(H,28,31).